The molecule has 2 aliphatic rings. The maximum Gasteiger partial charge on any atom is 0.254 e. The Morgan fingerprint density at radius 1 is 1.07 bits per heavy atom. The summed E-state index contributed by atoms with van der Waals surface area (Å²) >= 11 is 0. The number of benzene rings is 1. The second-order valence-electron chi connectivity index (χ2n) is 8.13. The third-order valence-electron chi connectivity index (χ3n) is 6.19. The van der Waals surface area contributed by atoms with Crippen LogP contribution in [0.2, 0.25) is 0 Å². The smallest absolute Gasteiger partial charge is 0.254 e. The van der Waals surface area contributed by atoms with Crippen LogP contribution in [-0.4, -0.2) is 51.5 Å². The summed E-state index contributed by atoms with van der Waals surface area (Å²) in [6.45, 7) is 5.51. The largest absolute Gasteiger partial charge is 0.338 e. The lowest BCUT2D eigenvalue weighted by Crippen LogP contribution is -2.47. The number of likely N-dealkylation sites (tertiary alicyclic amines) is 2. The van der Waals surface area contributed by atoms with Crippen molar-refractivity contribution in [3.05, 3.63) is 47.6 Å². The molecule has 6 heteroatoms. The second kappa shape index (κ2) is 8.86. The number of aromatic nitrogens is 2. The summed E-state index contributed by atoms with van der Waals surface area (Å²) in [5, 5.41) is 3.88. The molecule has 0 radical (unpaired) electrons. The van der Waals surface area contributed by atoms with Gasteiger partial charge in [-0.05, 0) is 63.7 Å². The van der Waals surface area contributed by atoms with Crippen LogP contribution in [-0.2, 0) is 6.54 Å². The number of nitrogens with zero attached hydrogens (tertiary/aromatic N) is 4. The van der Waals surface area contributed by atoms with Gasteiger partial charge in [0.1, 0.15) is 0 Å². The van der Waals surface area contributed by atoms with Gasteiger partial charge in [0.2, 0.25) is 5.89 Å². The second-order valence-corrected chi connectivity index (χ2v) is 8.13. The van der Waals surface area contributed by atoms with Gasteiger partial charge in [0.25, 0.3) is 5.91 Å². The molecule has 6 nitrogen and oxygen atoms in total. The number of hydrogen-bond acceptors (Lipinski definition) is 5. The van der Waals surface area contributed by atoms with E-state index in [1.807, 2.05) is 37.3 Å². The molecule has 4 rings (SSSR count). The fourth-order valence-corrected chi connectivity index (χ4v) is 4.71. The molecule has 0 spiro atoms. The highest BCUT2D eigenvalue weighted by Gasteiger charge is 2.34. The number of amides is 1. The van der Waals surface area contributed by atoms with Crippen molar-refractivity contribution in [2.45, 2.75) is 58.0 Å². The summed E-state index contributed by atoms with van der Waals surface area (Å²) in [7, 11) is 0. The average molecular weight is 383 g/mol. The number of piperidine rings is 1. The molecule has 1 amide bonds. The Morgan fingerprint density at radius 2 is 1.86 bits per heavy atom. The van der Waals surface area contributed by atoms with Crippen molar-refractivity contribution in [2.75, 3.05) is 19.6 Å². The monoisotopic (exact) mass is 382 g/mol. The van der Waals surface area contributed by atoms with Crippen LogP contribution in [0.4, 0.5) is 0 Å². The summed E-state index contributed by atoms with van der Waals surface area (Å²) < 4.78 is 5.27. The molecule has 0 saturated carbocycles. The lowest BCUT2D eigenvalue weighted by molar-refractivity contribution is 0.0506. The molecule has 1 atom stereocenters. The van der Waals surface area contributed by atoms with Crippen molar-refractivity contribution < 1.29 is 9.32 Å². The van der Waals surface area contributed by atoms with Crippen molar-refractivity contribution in [1.82, 2.24) is 19.9 Å². The third-order valence-corrected chi connectivity index (χ3v) is 6.19. The first-order chi connectivity index (χ1) is 13.7. The van der Waals surface area contributed by atoms with E-state index < -0.39 is 0 Å². The molecule has 0 N–H and O–H groups in total. The Labute approximate surface area is 166 Å². The quantitative estimate of drug-likeness (QED) is 0.807. The predicted octanol–water partition coefficient (Wildman–Crippen LogP) is 3.68. The van der Waals surface area contributed by atoms with E-state index in [1.165, 1.54) is 12.8 Å². The van der Waals surface area contributed by atoms with E-state index in [1.54, 1.807) is 0 Å². The first kappa shape index (κ1) is 19.1. The summed E-state index contributed by atoms with van der Waals surface area (Å²) in [6, 6.07) is 10.1. The maximum atomic E-state index is 13.2. The number of carbonyl (C=O) groups excluding carboxylic acids is 1. The highest BCUT2D eigenvalue weighted by molar-refractivity contribution is 5.94. The molecule has 2 fully saturated rings. The molecule has 2 aromatic rings. The molecule has 0 aliphatic carbocycles. The highest BCUT2D eigenvalue weighted by Crippen LogP contribution is 2.31. The molecular formula is C22H30N4O2. The zero-order valence-electron chi connectivity index (χ0n) is 16.7. The van der Waals surface area contributed by atoms with Crippen LogP contribution in [0.15, 0.2) is 34.9 Å². The molecular weight excluding hydrogens is 352 g/mol. The van der Waals surface area contributed by atoms with Gasteiger partial charge in [0.05, 0.1) is 6.54 Å². The van der Waals surface area contributed by atoms with Gasteiger partial charge >= 0.3 is 0 Å². The van der Waals surface area contributed by atoms with Gasteiger partial charge < -0.3 is 9.42 Å². The Balaban J connectivity index is 1.40. The van der Waals surface area contributed by atoms with Crippen LogP contribution in [0, 0.1) is 12.8 Å². The molecule has 1 unspecified atom stereocenters. The van der Waals surface area contributed by atoms with Gasteiger partial charge in [0, 0.05) is 18.2 Å². The fourth-order valence-electron chi connectivity index (χ4n) is 4.71. The topological polar surface area (TPSA) is 62.5 Å². The molecule has 1 aromatic heterocycles. The van der Waals surface area contributed by atoms with E-state index in [0.29, 0.717) is 23.7 Å². The first-order valence-corrected chi connectivity index (χ1v) is 10.6. The summed E-state index contributed by atoms with van der Waals surface area (Å²) in [6.07, 6.45) is 6.94. The van der Waals surface area contributed by atoms with E-state index in [-0.39, 0.29) is 5.91 Å². The van der Waals surface area contributed by atoms with Crippen LogP contribution in [0.3, 0.4) is 0 Å². The van der Waals surface area contributed by atoms with Crippen molar-refractivity contribution >= 4 is 5.91 Å². The normalized spacial score (nSPS) is 22.2. The number of hydrogen-bond donors (Lipinski definition) is 0. The van der Waals surface area contributed by atoms with Crippen LogP contribution < -0.4 is 0 Å². The molecule has 150 valence electrons. The highest BCUT2D eigenvalue weighted by atomic mass is 16.5. The van der Waals surface area contributed by atoms with Gasteiger partial charge in [-0.1, -0.05) is 36.2 Å². The SMILES string of the molecule is Cc1noc(CN2CCC(C3CCCCCN3C(=O)c3ccccc3)CC2)n1. The maximum absolute atomic E-state index is 13.2. The van der Waals surface area contributed by atoms with E-state index >= 15 is 0 Å². The Kier molecular flexibility index (Phi) is 6.05. The number of aryl methyl sites for hydroxylation is 1. The lowest BCUT2D eigenvalue weighted by Gasteiger charge is -2.40. The zero-order valence-corrected chi connectivity index (χ0v) is 16.7. The Hall–Kier alpha value is -2.21. The van der Waals surface area contributed by atoms with Crippen LogP contribution in [0.25, 0.3) is 0 Å². The predicted molar refractivity (Wildman–Crippen MR) is 107 cm³/mol. The van der Waals surface area contributed by atoms with Gasteiger partial charge in [-0.15, -0.1) is 0 Å². The molecule has 0 bridgehead atoms. The molecule has 1 aromatic carbocycles. The van der Waals surface area contributed by atoms with Crippen LogP contribution in [0.5, 0.6) is 0 Å². The minimum absolute atomic E-state index is 0.205. The fraction of sp³-hybridized carbons (Fsp3) is 0.591. The summed E-state index contributed by atoms with van der Waals surface area (Å²) in [5.74, 6) is 2.17. The third kappa shape index (κ3) is 4.43. The first-order valence-electron chi connectivity index (χ1n) is 10.6. The minimum Gasteiger partial charge on any atom is -0.338 e. The van der Waals surface area contributed by atoms with Gasteiger partial charge in [0.15, 0.2) is 5.82 Å². The standard InChI is InChI=1S/C22H30N4O2/c1-17-23-21(28-24-17)16-25-14-11-18(12-15-25)20-10-6-3-7-13-26(20)22(27)19-8-4-2-5-9-19/h2,4-5,8-9,18,20H,3,6-7,10-16H2,1H3. The van der Waals surface area contributed by atoms with Crippen molar-refractivity contribution in [1.29, 1.82) is 0 Å². The molecule has 28 heavy (non-hydrogen) atoms. The van der Waals surface area contributed by atoms with Crippen molar-refractivity contribution in [3.8, 4) is 0 Å². The van der Waals surface area contributed by atoms with E-state index in [4.69, 9.17) is 4.52 Å². The van der Waals surface area contributed by atoms with Crippen molar-refractivity contribution in [2.24, 2.45) is 5.92 Å². The van der Waals surface area contributed by atoms with E-state index in [2.05, 4.69) is 19.9 Å². The zero-order chi connectivity index (χ0) is 19.3. The number of carbonyl (C=O) groups is 1. The molecule has 2 saturated heterocycles. The Bertz CT molecular complexity index is 768. The van der Waals surface area contributed by atoms with E-state index in [9.17, 15) is 4.79 Å². The van der Waals surface area contributed by atoms with E-state index in [0.717, 1.165) is 57.4 Å². The average Bonchev–Trinajstić information content (AvgIpc) is 2.99. The van der Waals surface area contributed by atoms with Crippen molar-refractivity contribution in [3.63, 3.8) is 0 Å². The van der Waals surface area contributed by atoms with Crippen LogP contribution in [0.1, 0.15) is 60.6 Å². The van der Waals surface area contributed by atoms with Crippen LogP contribution >= 0.6 is 0 Å². The van der Waals surface area contributed by atoms with Gasteiger partial charge in [-0.25, -0.2) is 0 Å². The Morgan fingerprint density at radius 3 is 2.57 bits per heavy atom. The molecule has 3 heterocycles. The lowest BCUT2D eigenvalue weighted by atomic mass is 9.86. The minimum atomic E-state index is 0.205. The molecule has 2 aliphatic heterocycles. The van der Waals surface area contributed by atoms with Gasteiger partial charge in [-0.3, -0.25) is 9.69 Å². The summed E-state index contributed by atoms with van der Waals surface area (Å²) in [5.41, 5.74) is 0.818. The van der Waals surface area contributed by atoms with Gasteiger partial charge in [-0.2, -0.15) is 4.98 Å². The summed E-state index contributed by atoms with van der Waals surface area (Å²) in [4.78, 5) is 22.1. The number of rotatable bonds is 4.